The first kappa shape index (κ1) is 18.4. The zero-order valence-electron chi connectivity index (χ0n) is 15.4. The summed E-state index contributed by atoms with van der Waals surface area (Å²) < 4.78 is 11.3. The van der Waals surface area contributed by atoms with Crippen LogP contribution in [0.2, 0.25) is 0 Å². The molecule has 0 bridgehead atoms. The molecule has 2 unspecified atom stereocenters. The Hall–Kier alpha value is -2.37. The maximum atomic E-state index is 12.5. The predicted molar refractivity (Wildman–Crippen MR) is 102 cm³/mol. The van der Waals surface area contributed by atoms with Gasteiger partial charge in [0, 0.05) is 18.8 Å². The number of hydrogen-bond donors (Lipinski definition) is 1. The maximum Gasteiger partial charge on any atom is 0.241 e. The number of ether oxygens (including phenoxy) is 2. The molecule has 1 aliphatic heterocycles. The number of rotatable bonds is 6. The molecule has 1 heterocycles. The zero-order chi connectivity index (χ0) is 18.4. The Kier molecular flexibility index (Phi) is 6.26. The Morgan fingerprint density at radius 2 is 1.96 bits per heavy atom. The predicted octanol–water partition coefficient (Wildman–Crippen LogP) is 3.31. The second-order valence-corrected chi connectivity index (χ2v) is 6.64. The Morgan fingerprint density at radius 1 is 1.23 bits per heavy atom. The van der Waals surface area contributed by atoms with Crippen molar-refractivity contribution in [2.24, 2.45) is 0 Å². The zero-order valence-corrected chi connectivity index (χ0v) is 15.4. The first-order chi connectivity index (χ1) is 12.6. The lowest BCUT2D eigenvalue weighted by Crippen LogP contribution is -2.50. The lowest BCUT2D eigenvalue weighted by molar-refractivity contribution is -0.123. The molecule has 0 saturated carbocycles. The summed E-state index contributed by atoms with van der Waals surface area (Å²) in [5.41, 5.74) is 1.90. The minimum Gasteiger partial charge on any atom is -0.489 e. The molecular formula is C21H26N2O3. The molecule has 138 valence electrons. The smallest absolute Gasteiger partial charge is 0.241 e. The summed E-state index contributed by atoms with van der Waals surface area (Å²) in [4.78, 5) is 14.6. The Balaban J connectivity index is 1.51. The van der Waals surface area contributed by atoms with Crippen LogP contribution in [0.1, 0.15) is 19.4 Å². The molecule has 1 saturated heterocycles. The van der Waals surface area contributed by atoms with E-state index in [1.165, 1.54) is 0 Å². The van der Waals surface area contributed by atoms with Crippen LogP contribution >= 0.6 is 0 Å². The Morgan fingerprint density at radius 3 is 2.65 bits per heavy atom. The van der Waals surface area contributed by atoms with Gasteiger partial charge in [0.25, 0.3) is 0 Å². The molecule has 1 amide bonds. The number of carbonyl (C=O) groups excluding carboxylic acids is 1. The third-order valence-corrected chi connectivity index (χ3v) is 4.57. The van der Waals surface area contributed by atoms with Gasteiger partial charge in [-0.15, -0.1) is 0 Å². The summed E-state index contributed by atoms with van der Waals surface area (Å²) in [6.07, 6.45) is 0.167. The average Bonchev–Trinajstić information content (AvgIpc) is 2.67. The minimum atomic E-state index is -0.185. The van der Waals surface area contributed by atoms with Gasteiger partial charge in [0.05, 0.1) is 18.8 Å². The number of nitrogens with zero attached hydrogens (tertiary/aromatic N) is 1. The molecule has 2 aromatic rings. The quantitative estimate of drug-likeness (QED) is 0.865. The van der Waals surface area contributed by atoms with Crippen LogP contribution in [-0.4, -0.2) is 42.6 Å². The summed E-state index contributed by atoms with van der Waals surface area (Å²) in [6, 6.07) is 17.3. The van der Waals surface area contributed by atoms with Gasteiger partial charge in [-0.3, -0.25) is 9.69 Å². The van der Waals surface area contributed by atoms with Crippen molar-refractivity contribution in [2.75, 3.05) is 25.0 Å². The van der Waals surface area contributed by atoms with Gasteiger partial charge in [-0.05, 0) is 43.7 Å². The molecular weight excluding hydrogens is 328 g/mol. The van der Waals surface area contributed by atoms with E-state index in [4.69, 9.17) is 9.47 Å². The Labute approximate surface area is 154 Å². The fourth-order valence-corrected chi connectivity index (χ4v) is 2.99. The standard InChI is InChI=1S/C21H26N2O3/c1-16-14-23(12-13-25-16)17(2)21(24)22-19-8-10-20(11-9-19)26-15-18-6-4-3-5-7-18/h3-11,16-17H,12-15H2,1-2H3,(H,22,24). The minimum absolute atomic E-state index is 0.00273. The van der Waals surface area contributed by atoms with Crippen LogP contribution in [0, 0.1) is 0 Å². The van der Waals surface area contributed by atoms with E-state index in [2.05, 4.69) is 10.2 Å². The van der Waals surface area contributed by atoms with E-state index in [0.717, 1.165) is 30.1 Å². The topological polar surface area (TPSA) is 50.8 Å². The van der Waals surface area contributed by atoms with Crippen molar-refractivity contribution in [3.05, 3.63) is 60.2 Å². The van der Waals surface area contributed by atoms with Crippen molar-refractivity contribution >= 4 is 11.6 Å². The second kappa shape index (κ2) is 8.83. The van der Waals surface area contributed by atoms with Gasteiger partial charge in [0.15, 0.2) is 0 Å². The van der Waals surface area contributed by atoms with Crippen molar-refractivity contribution in [3.63, 3.8) is 0 Å². The van der Waals surface area contributed by atoms with E-state index in [1.807, 2.05) is 68.4 Å². The van der Waals surface area contributed by atoms with Gasteiger partial charge >= 0.3 is 0 Å². The number of carbonyl (C=O) groups is 1. The lowest BCUT2D eigenvalue weighted by Gasteiger charge is -2.34. The van der Waals surface area contributed by atoms with Crippen LogP contribution in [0.25, 0.3) is 0 Å². The summed E-state index contributed by atoms with van der Waals surface area (Å²) in [7, 11) is 0. The van der Waals surface area contributed by atoms with Crippen LogP contribution in [0.15, 0.2) is 54.6 Å². The summed E-state index contributed by atoms with van der Waals surface area (Å²) in [5.74, 6) is 0.777. The normalized spacial score (nSPS) is 18.9. The fraction of sp³-hybridized carbons (Fsp3) is 0.381. The van der Waals surface area contributed by atoms with Crippen LogP contribution in [0.5, 0.6) is 5.75 Å². The number of amides is 1. The molecule has 0 aliphatic carbocycles. The monoisotopic (exact) mass is 354 g/mol. The molecule has 3 rings (SSSR count). The SMILES string of the molecule is CC1CN(C(C)C(=O)Nc2ccc(OCc3ccccc3)cc2)CCO1. The third kappa shape index (κ3) is 5.07. The number of anilines is 1. The first-order valence-electron chi connectivity index (χ1n) is 9.05. The van der Waals surface area contributed by atoms with E-state index in [-0.39, 0.29) is 18.1 Å². The molecule has 5 nitrogen and oxygen atoms in total. The van der Waals surface area contributed by atoms with E-state index < -0.39 is 0 Å². The molecule has 26 heavy (non-hydrogen) atoms. The van der Waals surface area contributed by atoms with E-state index in [0.29, 0.717) is 13.2 Å². The number of benzene rings is 2. The third-order valence-electron chi connectivity index (χ3n) is 4.57. The van der Waals surface area contributed by atoms with Crippen molar-refractivity contribution in [2.45, 2.75) is 32.6 Å². The number of nitrogens with one attached hydrogen (secondary N) is 1. The van der Waals surface area contributed by atoms with Crippen molar-refractivity contribution in [1.29, 1.82) is 0 Å². The van der Waals surface area contributed by atoms with Crippen molar-refractivity contribution in [1.82, 2.24) is 4.90 Å². The maximum absolute atomic E-state index is 12.5. The number of hydrogen-bond acceptors (Lipinski definition) is 4. The van der Waals surface area contributed by atoms with Crippen LogP contribution in [-0.2, 0) is 16.1 Å². The van der Waals surface area contributed by atoms with Gasteiger partial charge in [-0.1, -0.05) is 30.3 Å². The summed E-state index contributed by atoms with van der Waals surface area (Å²) in [6.45, 7) is 6.73. The molecule has 0 spiro atoms. The van der Waals surface area contributed by atoms with Gasteiger partial charge in [-0.2, -0.15) is 0 Å². The molecule has 2 aromatic carbocycles. The summed E-state index contributed by atoms with van der Waals surface area (Å²) in [5, 5.41) is 2.98. The fourth-order valence-electron chi connectivity index (χ4n) is 2.99. The van der Waals surface area contributed by atoms with Gasteiger partial charge in [0.1, 0.15) is 12.4 Å². The first-order valence-corrected chi connectivity index (χ1v) is 9.05. The second-order valence-electron chi connectivity index (χ2n) is 6.64. The van der Waals surface area contributed by atoms with E-state index in [1.54, 1.807) is 0 Å². The Bertz CT molecular complexity index is 703. The van der Waals surface area contributed by atoms with E-state index >= 15 is 0 Å². The van der Waals surface area contributed by atoms with Crippen molar-refractivity contribution in [3.8, 4) is 5.75 Å². The lowest BCUT2D eigenvalue weighted by atomic mass is 10.2. The van der Waals surface area contributed by atoms with Crippen LogP contribution < -0.4 is 10.1 Å². The highest BCUT2D eigenvalue weighted by Gasteiger charge is 2.26. The van der Waals surface area contributed by atoms with Crippen molar-refractivity contribution < 1.29 is 14.3 Å². The van der Waals surface area contributed by atoms with Crippen LogP contribution in [0.3, 0.4) is 0 Å². The van der Waals surface area contributed by atoms with Gasteiger partial charge < -0.3 is 14.8 Å². The largest absolute Gasteiger partial charge is 0.489 e. The highest BCUT2D eigenvalue weighted by molar-refractivity contribution is 5.94. The molecule has 2 atom stereocenters. The average molecular weight is 354 g/mol. The highest BCUT2D eigenvalue weighted by Crippen LogP contribution is 2.18. The molecule has 1 N–H and O–H groups in total. The number of morpholine rings is 1. The summed E-state index contributed by atoms with van der Waals surface area (Å²) >= 11 is 0. The van der Waals surface area contributed by atoms with Gasteiger partial charge in [-0.25, -0.2) is 0 Å². The molecule has 1 fully saturated rings. The van der Waals surface area contributed by atoms with E-state index in [9.17, 15) is 4.79 Å². The molecule has 1 aliphatic rings. The molecule has 0 aromatic heterocycles. The molecule has 0 radical (unpaired) electrons. The van der Waals surface area contributed by atoms with Gasteiger partial charge in [0.2, 0.25) is 5.91 Å². The van der Waals surface area contributed by atoms with Crippen LogP contribution in [0.4, 0.5) is 5.69 Å². The molecule has 5 heteroatoms. The highest BCUT2D eigenvalue weighted by atomic mass is 16.5.